The van der Waals surface area contributed by atoms with E-state index in [0.717, 1.165) is 0 Å². The molecule has 0 atom stereocenters. The van der Waals surface area contributed by atoms with E-state index in [-0.39, 0.29) is 5.91 Å². The lowest BCUT2D eigenvalue weighted by atomic mass is 9.76. The number of carbonyl (C=O) groups is 1. The molecule has 0 saturated carbocycles. The fourth-order valence-corrected chi connectivity index (χ4v) is 1.29. The van der Waals surface area contributed by atoms with Gasteiger partial charge in [-0.05, 0) is 23.7 Å². The molecule has 60 valence electrons. The second-order valence-electron chi connectivity index (χ2n) is 2.72. The van der Waals surface area contributed by atoms with Gasteiger partial charge in [0.2, 0.25) is 5.91 Å². The van der Waals surface area contributed by atoms with Crippen LogP contribution in [0.15, 0.2) is 18.2 Å². The molecule has 0 bridgehead atoms. The molecule has 12 heavy (non-hydrogen) atoms. The van der Waals surface area contributed by atoms with E-state index in [2.05, 4.69) is 5.23 Å². The Labute approximate surface area is 69.5 Å². The largest absolute Gasteiger partial charge is 0.450 e. The van der Waals surface area contributed by atoms with Crippen molar-refractivity contribution in [1.82, 2.24) is 5.23 Å². The number of nitrogens with two attached hydrogens (primary N) is 1. The van der Waals surface area contributed by atoms with Gasteiger partial charge in [-0.15, -0.1) is 0 Å². The fraction of sp³-hybridized carbons (Fsp3) is 0. The third-order valence-electron chi connectivity index (χ3n) is 1.88. The molecule has 4 nitrogen and oxygen atoms in total. The lowest BCUT2D eigenvalue weighted by Gasteiger charge is -1.97. The van der Waals surface area contributed by atoms with Crippen molar-refractivity contribution in [2.24, 2.45) is 0 Å². The Morgan fingerprint density at radius 3 is 3.00 bits per heavy atom. The summed E-state index contributed by atoms with van der Waals surface area (Å²) in [6.07, 6.45) is 0. The Bertz CT molecular complexity index is 353. The Balaban J connectivity index is 2.60. The lowest BCUT2D eigenvalue weighted by Crippen LogP contribution is -2.38. The van der Waals surface area contributed by atoms with Crippen molar-refractivity contribution in [2.45, 2.75) is 0 Å². The standard InChI is InChI=1S/C7H7BN2O2/c9-4-1-2-5-6(3-4)8(12)10-7(5)11/h1-3,12H,9H2,(H,10,11). The van der Waals surface area contributed by atoms with Crippen LogP contribution < -0.4 is 16.4 Å². The maximum Gasteiger partial charge on any atom is 0.450 e. The number of hydrogen-bond donors (Lipinski definition) is 3. The van der Waals surface area contributed by atoms with Gasteiger partial charge >= 0.3 is 7.05 Å². The summed E-state index contributed by atoms with van der Waals surface area (Å²) in [4.78, 5) is 11.1. The number of amides is 1. The zero-order valence-corrected chi connectivity index (χ0v) is 6.24. The molecule has 0 fully saturated rings. The molecule has 0 spiro atoms. The smallest absolute Gasteiger partial charge is 0.429 e. The quantitative estimate of drug-likeness (QED) is 0.327. The summed E-state index contributed by atoms with van der Waals surface area (Å²) in [6.45, 7) is 0. The number of nitrogens with one attached hydrogen (secondary N) is 1. The maximum absolute atomic E-state index is 11.1. The predicted octanol–water partition coefficient (Wildman–Crippen LogP) is -1.30. The highest BCUT2D eigenvalue weighted by atomic mass is 16.2. The van der Waals surface area contributed by atoms with E-state index >= 15 is 0 Å². The van der Waals surface area contributed by atoms with Gasteiger partial charge in [0.25, 0.3) is 0 Å². The molecule has 4 N–H and O–H groups in total. The first kappa shape index (κ1) is 7.18. The third kappa shape index (κ3) is 0.870. The first-order chi connectivity index (χ1) is 5.68. The topological polar surface area (TPSA) is 75.3 Å². The van der Waals surface area contributed by atoms with Gasteiger partial charge in [-0.2, -0.15) is 0 Å². The molecule has 0 unspecified atom stereocenters. The van der Waals surface area contributed by atoms with Gasteiger partial charge in [-0.25, -0.2) is 0 Å². The molecule has 1 aliphatic heterocycles. The monoisotopic (exact) mass is 162 g/mol. The molecule has 2 rings (SSSR count). The zero-order valence-electron chi connectivity index (χ0n) is 6.24. The van der Waals surface area contributed by atoms with Crippen LogP contribution in [0, 0.1) is 0 Å². The maximum atomic E-state index is 11.1. The highest BCUT2D eigenvalue weighted by Gasteiger charge is 2.31. The molecule has 5 heteroatoms. The molecule has 1 amide bonds. The van der Waals surface area contributed by atoms with Crippen molar-refractivity contribution < 1.29 is 9.82 Å². The normalized spacial score (nSPS) is 14.4. The molecule has 1 aromatic carbocycles. The number of nitrogen functional groups attached to an aromatic ring is 1. The number of rotatable bonds is 0. The highest BCUT2D eigenvalue weighted by molar-refractivity contribution is 6.71. The van der Waals surface area contributed by atoms with Gasteiger partial charge < -0.3 is 16.0 Å². The predicted molar refractivity (Wildman–Crippen MR) is 45.9 cm³/mol. The van der Waals surface area contributed by atoms with E-state index in [9.17, 15) is 9.82 Å². The molecule has 0 saturated heterocycles. The van der Waals surface area contributed by atoms with Crippen LogP contribution >= 0.6 is 0 Å². The van der Waals surface area contributed by atoms with E-state index in [0.29, 0.717) is 16.7 Å². The molecule has 0 radical (unpaired) electrons. The van der Waals surface area contributed by atoms with Gasteiger partial charge in [-0.1, -0.05) is 0 Å². The molecular weight excluding hydrogens is 155 g/mol. The van der Waals surface area contributed by atoms with Crippen molar-refractivity contribution >= 4 is 24.1 Å². The number of hydrogen-bond acceptors (Lipinski definition) is 3. The van der Waals surface area contributed by atoms with Crippen LogP contribution in [0.1, 0.15) is 10.4 Å². The number of fused-ring (bicyclic) bond motifs is 1. The molecule has 1 aliphatic rings. The first-order valence-corrected chi connectivity index (χ1v) is 3.57. The number of benzene rings is 1. The molecule has 0 aromatic heterocycles. The summed E-state index contributed by atoms with van der Waals surface area (Å²) in [7, 11) is -0.906. The lowest BCUT2D eigenvalue weighted by molar-refractivity contribution is 0.0982. The molecular formula is C7H7BN2O2. The summed E-state index contributed by atoms with van der Waals surface area (Å²) in [6, 6.07) is 4.84. The Morgan fingerprint density at radius 1 is 1.50 bits per heavy atom. The van der Waals surface area contributed by atoms with Crippen LogP contribution in [-0.2, 0) is 0 Å². The van der Waals surface area contributed by atoms with Crippen LogP contribution in [0.3, 0.4) is 0 Å². The number of anilines is 1. The second kappa shape index (κ2) is 2.25. The van der Waals surface area contributed by atoms with Gasteiger partial charge in [0, 0.05) is 11.3 Å². The third-order valence-corrected chi connectivity index (χ3v) is 1.88. The Hall–Kier alpha value is -1.49. The second-order valence-corrected chi connectivity index (χ2v) is 2.72. The minimum absolute atomic E-state index is 0.252. The fourth-order valence-electron chi connectivity index (χ4n) is 1.29. The van der Waals surface area contributed by atoms with Crippen LogP contribution in [0.5, 0.6) is 0 Å². The van der Waals surface area contributed by atoms with Gasteiger partial charge in [0.1, 0.15) is 0 Å². The van der Waals surface area contributed by atoms with Gasteiger partial charge in [-0.3, -0.25) is 4.79 Å². The summed E-state index contributed by atoms with van der Waals surface area (Å²) < 4.78 is 0. The van der Waals surface area contributed by atoms with E-state index in [1.54, 1.807) is 18.2 Å². The summed E-state index contributed by atoms with van der Waals surface area (Å²) in [5.74, 6) is -0.252. The van der Waals surface area contributed by atoms with E-state index in [1.165, 1.54) is 0 Å². The Morgan fingerprint density at radius 2 is 2.25 bits per heavy atom. The molecule has 0 aliphatic carbocycles. The van der Waals surface area contributed by atoms with Crippen molar-refractivity contribution in [3.8, 4) is 0 Å². The van der Waals surface area contributed by atoms with Gasteiger partial charge in [0.15, 0.2) is 0 Å². The van der Waals surface area contributed by atoms with Gasteiger partial charge in [0.05, 0.1) is 0 Å². The van der Waals surface area contributed by atoms with Crippen LogP contribution in [0.4, 0.5) is 5.69 Å². The van der Waals surface area contributed by atoms with E-state index in [1.807, 2.05) is 0 Å². The van der Waals surface area contributed by atoms with Crippen LogP contribution in [0.2, 0.25) is 0 Å². The van der Waals surface area contributed by atoms with Crippen molar-refractivity contribution in [2.75, 3.05) is 5.73 Å². The zero-order chi connectivity index (χ0) is 8.72. The number of carbonyl (C=O) groups excluding carboxylic acids is 1. The van der Waals surface area contributed by atoms with Crippen LogP contribution in [0.25, 0.3) is 0 Å². The summed E-state index contributed by atoms with van der Waals surface area (Å²) in [5, 5.41) is 11.7. The minimum Gasteiger partial charge on any atom is -0.429 e. The van der Waals surface area contributed by atoms with E-state index < -0.39 is 7.05 Å². The van der Waals surface area contributed by atoms with E-state index in [4.69, 9.17) is 5.73 Å². The average molecular weight is 162 g/mol. The van der Waals surface area contributed by atoms with Crippen molar-refractivity contribution in [3.63, 3.8) is 0 Å². The molecule has 1 heterocycles. The highest BCUT2D eigenvalue weighted by Crippen LogP contribution is 2.07. The SMILES string of the molecule is Nc1ccc2c(c1)B(O)NC2=O. The Kier molecular flexibility index (Phi) is 1.35. The van der Waals surface area contributed by atoms with Crippen LogP contribution in [-0.4, -0.2) is 18.0 Å². The van der Waals surface area contributed by atoms with Crippen molar-refractivity contribution in [3.05, 3.63) is 23.8 Å². The summed E-state index contributed by atoms with van der Waals surface area (Å²) >= 11 is 0. The average Bonchev–Trinajstić information content (AvgIpc) is 2.28. The minimum atomic E-state index is -0.906. The van der Waals surface area contributed by atoms with Crippen molar-refractivity contribution in [1.29, 1.82) is 0 Å². The molecule has 1 aromatic rings. The summed E-state index contributed by atoms with van der Waals surface area (Å²) in [5.41, 5.74) is 7.09. The first-order valence-electron chi connectivity index (χ1n) is 3.57.